The number of hydrogen-bond acceptors (Lipinski definition) is 2. The summed E-state index contributed by atoms with van der Waals surface area (Å²) in [5, 5.41) is 2.05. The number of rotatable bonds is 0. The maximum Gasteiger partial charge on any atom is 0.0395 e. The largest absolute Gasteiger partial charge is 0.398 e. The number of benzene rings is 2. The Hall–Kier alpha value is -1.70. The molecule has 2 rings (SSSR count). The Kier molecular flexibility index (Phi) is 1.40. The average Bonchev–Trinajstić information content (AvgIpc) is 2.12. The monoisotopic (exact) mass is 158 g/mol. The van der Waals surface area contributed by atoms with E-state index in [0.717, 1.165) is 22.1 Å². The molecule has 12 heavy (non-hydrogen) atoms. The van der Waals surface area contributed by atoms with Gasteiger partial charge in [0, 0.05) is 22.1 Å². The third kappa shape index (κ3) is 0.889. The average molecular weight is 158 g/mol. The maximum absolute atomic E-state index is 5.77. The predicted octanol–water partition coefficient (Wildman–Crippen LogP) is 2.00. The second kappa shape index (κ2) is 2.41. The molecule has 0 unspecified atom stereocenters. The van der Waals surface area contributed by atoms with Crippen LogP contribution in [-0.4, -0.2) is 0 Å². The van der Waals surface area contributed by atoms with Crippen molar-refractivity contribution in [2.45, 2.75) is 0 Å². The molecule has 2 aromatic carbocycles. The second-order valence-corrected chi connectivity index (χ2v) is 2.79. The normalized spacial score (nSPS) is 10.3. The van der Waals surface area contributed by atoms with Crippen LogP contribution < -0.4 is 11.5 Å². The van der Waals surface area contributed by atoms with Gasteiger partial charge in [0.25, 0.3) is 0 Å². The second-order valence-electron chi connectivity index (χ2n) is 2.79. The Morgan fingerprint density at radius 2 is 1.08 bits per heavy atom. The zero-order valence-corrected chi connectivity index (χ0v) is 6.62. The lowest BCUT2D eigenvalue weighted by atomic mass is 10.1. The smallest absolute Gasteiger partial charge is 0.0395 e. The quantitative estimate of drug-likeness (QED) is 0.576. The van der Waals surface area contributed by atoms with Crippen LogP contribution in [0.2, 0.25) is 0 Å². The van der Waals surface area contributed by atoms with Crippen LogP contribution in [0.4, 0.5) is 11.4 Å². The van der Waals surface area contributed by atoms with Crippen LogP contribution in [0, 0.1) is 0 Å². The van der Waals surface area contributed by atoms with E-state index in [1.807, 2.05) is 36.4 Å². The number of nitrogen functional groups attached to an aromatic ring is 2. The van der Waals surface area contributed by atoms with Gasteiger partial charge in [0.15, 0.2) is 0 Å². The Morgan fingerprint density at radius 3 is 1.50 bits per heavy atom. The molecule has 0 spiro atoms. The first kappa shape index (κ1) is 6.98. The molecule has 2 nitrogen and oxygen atoms in total. The lowest BCUT2D eigenvalue weighted by Gasteiger charge is -2.03. The van der Waals surface area contributed by atoms with E-state index in [2.05, 4.69) is 0 Å². The van der Waals surface area contributed by atoms with E-state index in [0.29, 0.717) is 0 Å². The minimum Gasteiger partial charge on any atom is -0.398 e. The van der Waals surface area contributed by atoms with Crippen molar-refractivity contribution in [2.75, 3.05) is 11.5 Å². The highest BCUT2D eigenvalue weighted by Gasteiger charge is 1.98. The van der Waals surface area contributed by atoms with E-state index in [4.69, 9.17) is 11.5 Å². The van der Waals surface area contributed by atoms with Crippen molar-refractivity contribution in [1.29, 1.82) is 0 Å². The van der Waals surface area contributed by atoms with Gasteiger partial charge in [0.05, 0.1) is 0 Å². The van der Waals surface area contributed by atoms with Crippen molar-refractivity contribution < 1.29 is 0 Å². The molecular weight excluding hydrogens is 148 g/mol. The lowest BCUT2D eigenvalue weighted by Crippen LogP contribution is -1.91. The molecule has 0 aliphatic carbocycles. The van der Waals surface area contributed by atoms with Crippen molar-refractivity contribution in [1.82, 2.24) is 0 Å². The summed E-state index contributed by atoms with van der Waals surface area (Å²) in [4.78, 5) is 0. The minimum absolute atomic E-state index is 0.778. The van der Waals surface area contributed by atoms with E-state index in [-0.39, 0.29) is 0 Å². The van der Waals surface area contributed by atoms with Crippen molar-refractivity contribution >= 4 is 22.1 Å². The summed E-state index contributed by atoms with van der Waals surface area (Å²) in [6, 6.07) is 11.5. The van der Waals surface area contributed by atoms with Crippen LogP contribution in [0.5, 0.6) is 0 Å². The Morgan fingerprint density at radius 1 is 0.667 bits per heavy atom. The van der Waals surface area contributed by atoms with Gasteiger partial charge in [-0.3, -0.25) is 0 Å². The number of fused-ring (bicyclic) bond motifs is 1. The van der Waals surface area contributed by atoms with Gasteiger partial charge < -0.3 is 11.5 Å². The highest BCUT2D eigenvalue weighted by Crippen LogP contribution is 2.25. The minimum atomic E-state index is 0.778. The third-order valence-electron chi connectivity index (χ3n) is 1.99. The first-order valence-corrected chi connectivity index (χ1v) is 3.82. The summed E-state index contributed by atoms with van der Waals surface area (Å²) in [6.07, 6.45) is 0. The lowest BCUT2D eigenvalue weighted by molar-refractivity contribution is 1.71. The number of anilines is 2. The van der Waals surface area contributed by atoms with E-state index < -0.39 is 0 Å². The summed E-state index contributed by atoms with van der Waals surface area (Å²) < 4.78 is 0. The van der Waals surface area contributed by atoms with Gasteiger partial charge in [0.1, 0.15) is 0 Å². The van der Waals surface area contributed by atoms with Gasteiger partial charge in [-0.05, 0) is 12.1 Å². The molecule has 0 heterocycles. The molecule has 0 saturated carbocycles. The number of hydrogen-bond donors (Lipinski definition) is 2. The van der Waals surface area contributed by atoms with Crippen LogP contribution >= 0.6 is 0 Å². The molecule has 0 aromatic heterocycles. The molecule has 0 aliphatic rings. The van der Waals surface area contributed by atoms with Crippen LogP contribution in [-0.2, 0) is 0 Å². The summed E-state index contributed by atoms with van der Waals surface area (Å²) in [5.41, 5.74) is 13.1. The van der Waals surface area contributed by atoms with Crippen molar-refractivity contribution in [2.24, 2.45) is 0 Å². The number of nitrogens with two attached hydrogens (primary N) is 2. The summed E-state index contributed by atoms with van der Waals surface area (Å²) in [6.45, 7) is 0. The van der Waals surface area contributed by atoms with Gasteiger partial charge in [0.2, 0.25) is 0 Å². The summed E-state index contributed by atoms with van der Waals surface area (Å²) >= 11 is 0. The molecule has 0 amide bonds. The molecule has 2 aromatic rings. The summed E-state index contributed by atoms with van der Waals surface area (Å²) in [5.74, 6) is 0. The molecule has 0 fully saturated rings. The molecule has 4 N–H and O–H groups in total. The first-order chi connectivity index (χ1) is 5.79. The molecular formula is C10H10N2. The highest BCUT2D eigenvalue weighted by atomic mass is 14.6. The van der Waals surface area contributed by atoms with Gasteiger partial charge >= 0.3 is 0 Å². The van der Waals surface area contributed by atoms with Crippen LogP contribution in [0.3, 0.4) is 0 Å². The van der Waals surface area contributed by atoms with Crippen LogP contribution in [0.1, 0.15) is 0 Å². The molecule has 0 bridgehead atoms. The van der Waals surface area contributed by atoms with E-state index in [1.54, 1.807) is 0 Å². The molecule has 0 atom stereocenters. The molecule has 60 valence electrons. The topological polar surface area (TPSA) is 52.0 Å². The van der Waals surface area contributed by atoms with Crippen LogP contribution in [0.15, 0.2) is 36.4 Å². The van der Waals surface area contributed by atoms with Gasteiger partial charge in [-0.2, -0.15) is 0 Å². The Bertz CT molecular complexity index is 381. The van der Waals surface area contributed by atoms with Crippen molar-refractivity contribution in [3.05, 3.63) is 36.4 Å². The maximum atomic E-state index is 5.77. The Labute approximate surface area is 70.8 Å². The van der Waals surface area contributed by atoms with E-state index in [1.165, 1.54) is 0 Å². The zero-order chi connectivity index (χ0) is 8.55. The van der Waals surface area contributed by atoms with Crippen LogP contribution in [0.25, 0.3) is 10.8 Å². The van der Waals surface area contributed by atoms with E-state index >= 15 is 0 Å². The van der Waals surface area contributed by atoms with Gasteiger partial charge in [-0.1, -0.05) is 24.3 Å². The zero-order valence-electron chi connectivity index (χ0n) is 6.62. The SMILES string of the molecule is Nc1ccc(N)c2ccccc12. The molecule has 2 heteroatoms. The fourth-order valence-electron chi connectivity index (χ4n) is 1.35. The van der Waals surface area contributed by atoms with Gasteiger partial charge in [-0.15, -0.1) is 0 Å². The molecule has 0 radical (unpaired) electrons. The highest BCUT2D eigenvalue weighted by molar-refractivity contribution is 6.00. The standard InChI is InChI=1S/C10H10N2/c11-9-5-6-10(12)8-4-2-1-3-7(8)9/h1-6H,11-12H2. The predicted molar refractivity (Wildman–Crippen MR) is 52.8 cm³/mol. The van der Waals surface area contributed by atoms with Crippen molar-refractivity contribution in [3.8, 4) is 0 Å². The van der Waals surface area contributed by atoms with Crippen molar-refractivity contribution in [3.63, 3.8) is 0 Å². The fraction of sp³-hybridized carbons (Fsp3) is 0. The summed E-state index contributed by atoms with van der Waals surface area (Å²) in [7, 11) is 0. The fourth-order valence-corrected chi connectivity index (χ4v) is 1.35. The molecule has 0 aliphatic heterocycles. The first-order valence-electron chi connectivity index (χ1n) is 3.82. The van der Waals surface area contributed by atoms with E-state index in [9.17, 15) is 0 Å². The Balaban J connectivity index is 2.95. The molecule has 0 saturated heterocycles. The third-order valence-corrected chi connectivity index (χ3v) is 1.99. The van der Waals surface area contributed by atoms with Gasteiger partial charge in [-0.25, -0.2) is 0 Å².